The number of aromatic nitrogens is 4. The molecule has 1 aliphatic rings. The van der Waals surface area contributed by atoms with Crippen LogP contribution >= 0.6 is 11.6 Å². The number of halogens is 1. The largest absolute Gasteiger partial charge is 0.341 e. The Hall–Kier alpha value is -2.67. The second-order valence-electron chi connectivity index (χ2n) is 7.41. The van der Waals surface area contributed by atoms with Crippen molar-refractivity contribution in [3.63, 3.8) is 0 Å². The minimum Gasteiger partial charge on any atom is -0.341 e. The van der Waals surface area contributed by atoms with Crippen molar-refractivity contribution in [3.8, 4) is 5.69 Å². The summed E-state index contributed by atoms with van der Waals surface area (Å²) in [6.45, 7) is 5.41. The van der Waals surface area contributed by atoms with Crippen LogP contribution in [0.2, 0.25) is 5.02 Å². The van der Waals surface area contributed by atoms with Crippen molar-refractivity contribution in [2.24, 2.45) is 5.92 Å². The van der Waals surface area contributed by atoms with Crippen LogP contribution in [-0.4, -0.2) is 43.5 Å². The predicted octanol–water partition coefficient (Wildman–Crippen LogP) is 2.80. The molecule has 0 aliphatic carbocycles. The van der Waals surface area contributed by atoms with Crippen LogP contribution < -0.4 is 5.56 Å². The van der Waals surface area contributed by atoms with Gasteiger partial charge in [0.05, 0.1) is 17.6 Å². The highest BCUT2D eigenvalue weighted by Crippen LogP contribution is 2.20. The maximum Gasteiger partial charge on any atom is 0.293 e. The lowest BCUT2D eigenvalue weighted by atomic mass is 9.99. The van der Waals surface area contributed by atoms with Crippen molar-refractivity contribution in [2.75, 3.05) is 13.1 Å². The number of amides is 1. The van der Waals surface area contributed by atoms with Crippen LogP contribution in [0.4, 0.5) is 0 Å². The lowest BCUT2D eigenvalue weighted by Crippen LogP contribution is -2.42. The second kappa shape index (κ2) is 7.39. The molecule has 8 heteroatoms. The third-order valence-corrected chi connectivity index (χ3v) is 5.58. The molecule has 1 saturated heterocycles. The lowest BCUT2D eigenvalue weighted by Gasteiger charge is -2.30. The Morgan fingerprint density at radius 3 is 2.75 bits per heavy atom. The second-order valence-corrected chi connectivity index (χ2v) is 7.85. The van der Waals surface area contributed by atoms with Crippen molar-refractivity contribution < 1.29 is 4.79 Å². The standard InChI is InChI=1S/C20H22ClN5O2/c1-13-6-8-24(9-7-13)18(27)12-25-20(28)19-17(14(2)23-25)11-22-26(19)16-5-3-4-15(21)10-16/h3-5,10-11,13H,6-9,12H2,1-2H3. The quantitative estimate of drug-likeness (QED) is 0.678. The monoisotopic (exact) mass is 399 g/mol. The Morgan fingerprint density at radius 2 is 2.04 bits per heavy atom. The normalized spacial score (nSPS) is 15.3. The van der Waals surface area contributed by atoms with E-state index in [1.807, 2.05) is 17.9 Å². The molecule has 7 nitrogen and oxygen atoms in total. The van der Waals surface area contributed by atoms with Gasteiger partial charge in [-0.05, 0) is 43.9 Å². The molecule has 0 radical (unpaired) electrons. The first-order valence-electron chi connectivity index (χ1n) is 9.43. The van der Waals surface area contributed by atoms with E-state index in [2.05, 4.69) is 17.1 Å². The third-order valence-electron chi connectivity index (χ3n) is 5.34. The fourth-order valence-corrected chi connectivity index (χ4v) is 3.80. The van der Waals surface area contributed by atoms with Gasteiger partial charge in [-0.1, -0.05) is 24.6 Å². The Morgan fingerprint density at radius 1 is 1.29 bits per heavy atom. The molecule has 1 fully saturated rings. The topological polar surface area (TPSA) is 73.0 Å². The number of piperidine rings is 1. The summed E-state index contributed by atoms with van der Waals surface area (Å²) in [5.41, 5.74) is 1.41. The Kier molecular flexibility index (Phi) is 4.93. The van der Waals surface area contributed by atoms with Crippen molar-refractivity contribution in [1.82, 2.24) is 24.5 Å². The van der Waals surface area contributed by atoms with Crippen LogP contribution in [0.25, 0.3) is 16.6 Å². The van der Waals surface area contributed by atoms with Crippen LogP contribution in [0.1, 0.15) is 25.5 Å². The van der Waals surface area contributed by atoms with Gasteiger partial charge in [0.1, 0.15) is 12.1 Å². The molecule has 3 heterocycles. The van der Waals surface area contributed by atoms with Gasteiger partial charge in [0.25, 0.3) is 5.56 Å². The highest BCUT2D eigenvalue weighted by atomic mass is 35.5. The van der Waals surface area contributed by atoms with E-state index in [4.69, 9.17) is 11.6 Å². The highest BCUT2D eigenvalue weighted by molar-refractivity contribution is 6.30. The van der Waals surface area contributed by atoms with Crippen LogP contribution in [0.5, 0.6) is 0 Å². The molecule has 3 aromatic rings. The number of benzene rings is 1. The number of hydrogen-bond donors (Lipinski definition) is 0. The van der Waals surface area contributed by atoms with Crippen LogP contribution in [0.15, 0.2) is 35.3 Å². The summed E-state index contributed by atoms with van der Waals surface area (Å²) < 4.78 is 2.81. The first kappa shape index (κ1) is 18.7. The Labute approximate surface area is 167 Å². The van der Waals surface area contributed by atoms with Gasteiger partial charge in [0.15, 0.2) is 0 Å². The van der Waals surface area contributed by atoms with Gasteiger partial charge in [-0.15, -0.1) is 0 Å². The molecule has 0 unspecified atom stereocenters. The zero-order valence-electron chi connectivity index (χ0n) is 15.9. The average Bonchev–Trinajstić information content (AvgIpc) is 3.12. The van der Waals surface area contributed by atoms with Crippen molar-refractivity contribution >= 4 is 28.4 Å². The molecule has 28 heavy (non-hydrogen) atoms. The zero-order valence-corrected chi connectivity index (χ0v) is 16.7. The molecule has 1 amide bonds. The third kappa shape index (κ3) is 3.42. The molecule has 2 aromatic heterocycles. The summed E-state index contributed by atoms with van der Waals surface area (Å²) >= 11 is 6.09. The van der Waals surface area contributed by atoms with Crippen molar-refractivity contribution in [1.29, 1.82) is 0 Å². The molecule has 0 N–H and O–H groups in total. The number of fused-ring (bicyclic) bond motifs is 1. The van der Waals surface area contributed by atoms with Gasteiger partial charge < -0.3 is 4.90 Å². The molecule has 1 aliphatic heterocycles. The molecule has 0 saturated carbocycles. The molecular weight excluding hydrogens is 378 g/mol. The lowest BCUT2D eigenvalue weighted by molar-refractivity contribution is -0.133. The van der Waals surface area contributed by atoms with Gasteiger partial charge in [-0.2, -0.15) is 10.2 Å². The molecular formula is C20H22ClN5O2. The van der Waals surface area contributed by atoms with E-state index in [1.165, 1.54) is 4.68 Å². The minimum atomic E-state index is -0.336. The molecule has 0 atom stereocenters. The average molecular weight is 400 g/mol. The summed E-state index contributed by atoms with van der Waals surface area (Å²) in [4.78, 5) is 27.6. The zero-order chi connectivity index (χ0) is 19.8. The maximum atomic E-state index is 13.1. The SMILES string of the molecule is Cc1nn(CC(=O)N2CCC(C)CC2)c(=O)c2c1cnn2-c1cccc(Cl)c1. The number of nitrogens with zero attached hydrogens (tertiary/aromatic N) is 5. The highest BCUT2D eigenvalue weighted by Gasteiger charge is 2.22. The fraction of sp³-hybridized carbons (Fsp3) is 0.400. The van der Waals surface area contributed by atoms with E-state index >= 15 is 0 Å². The number of carbonyl (C=O) groups is 1. The summed E-state index contributed by atoms with van der Waals surface area (Å²) in [6.07, 6.45) is 3.61. The van der Waals surface area contributed by atoms with Crippen LogP contribution in [0, 0.1) is 12.8 Å². The van der Waals surface area contributed by atoms with Gasteiger partial charge in [0, 0.05) is 23.5 Å². The molecule has 0 bridgehead atoms. The molecule has 146 valence electrons. The predicted molar refractivity (Wildman–Crippen MR) is 108 cm³/mol. The first-order valence-corrected chi connectivity index (χ1v) is 9.81. The number of hydrogen-bond acceptors (Lipinski definition) is 4. The molecule has 4 rings (SSSR count). The van der Waals surface area contributed by atoms with Gasteiger partial charge >= 0.3 is 0 Å². The van der Waals surface area contributed by atoms with Gasteiger partial charge in [0.2, 0.25) is 5.91 Å². The van der Waals surface area contributed by atoms with E-state index < -0.39 is 0 Å². The summed E-state index contributed by atoms with van der Waals surface area (Å²) in [5.74, 6) is 0.560. The molecule has 0 spiro atoms. The van der Waals surface area contributed by atoms with Crippen molar-refractivity contribution in [2.45, 2.75) is 33.2 Å². The van der Waals surface area contributed by atoms with Gasteiger partial charge in [-0.25, -0.2) is 9.36 Å². The summed E-state index contributed by atoms with van der Waals surface area (Å²) in [5, 5.41) is 9.93. The van der Waals surface area contributed by atoms with Gasteiger partial charge in [-0.3, -0.25) is 9.59 Å². The van der Waals surface area contributed by atoms with E-state index in [0.717, 1.165) is 25.9 Å². The Balaban J connectivity index is 1.72. The summed E-state index contributed by atoms with van der Waals surface area (Å²) in [6, 6.07) is 7.14. The number of carbonyl (C=O) groups excluding carboxylic acids is 1. The van der Waals surface area contributed by atoms with E-state index in [1.54, 1.807) is 29.1 Å². The number of likely N-dealkylation sites (tertiary alicyclic amines) is 1. The first-order chi connectivity index (χ1) is 13.4. The van der Waals surface area contributed by atoms with E-state index in [-0.39, 0.29) is 18.0 Å². The van der Waals surface area contributed by atoms with E-state index in [9.17, 15) is 9.59 Å². The maximum absolute atomic E-state index is 13.1. The minimum absolute atomic E-state index is 0.0648. The van der Waals surface area contributed by atoms with E-state index in [0.29, 0.717) is 33.2 Å². The van der Waals surface area contributed by atoms with Crippen molar-refractivity contribution in [3.05, 3.63) is 51.5 Å². The summed E-state index contributed by atoms with van der Waals surface area (Å²) in [7, 11) is 0. The Bertz CT molecular complexity index is 1100. The van der Waals surface area contributed by atoms with Crippen LogP contribution in [0.3, 0.4) is 0 Å². The fourth-order valence-electron chi connectivity index (χ4n) is 3.62. The van der Waals surface area contributed by atoms with Crippen LogP contribution in [-0.2, 0) is 11.3 Å². The number of aryl methyl sites for hydroxylation is 1. The number of rotatable bonds is 3. The smallest absolute Gasteiger partial charge is 0.293 e. The molecule has 1 aromatic carbocycles.